The Kier molecular flexibility index (Phi) is 2.89. The summed E-state index contributed by atoms with van der Waals surface area (Å²) in [6, 6.07) is 0. The molecule has 0 amide bonds. The van der Waals surface area contributed by atoms with E-state index < -0.39 is 5.97 Å². The first kappa shape index (κ1) is 10.8. The van der Waals surface area contributed by atoms with E-state index in [0.29, 0.717) is 4.91 Å². The van der Waals surface area contributed by atoms with Crippen molar-refractivity contribution >= 4 is 35.1 Å². The lowest BCUT2D eigenvalue weighted by atomic mass is 10.1. The van der Waals surface area contributed by atoms with Gasteiger partial charge >= 0.3 is 5.97 Å². The topological polar surface area (TPSA) is 37.3 Å². The molecule has 2 rings (SSSR count). The van der Waals surface area contributed by atoms with Crippen LogP contribution in [-0.4, -0.2) is 11.1 Å². The maximum atomic E-state index is 10.8. The third-order valence-corrected chi connectivity index (χ3v) is 4.72. The summed E-state index contributed by atoms with van der Waals surface area (Å²) in [6.45, 7) is 4.26. The van der Waals surface area contributed by atoms with E-state index in [9.17, 15) is 4.79 Å². The molecule has 0 saturated heterocycles. The van der Waals surface area contributed by atoms with Crippen LogP contribution in [0.2, 0.25) is 0 Å². The van der Waals surface area contributed by atoms with Gasteiger partial charge in [-0.05, 0) is 30.5 Å². The van der Waals surface area contributed by atoms with Gasteiger partial charge in [0.2, 0.25) is 0 Å². The van der Waals surface area contributed by atoms with Gasteiger partial charge in [-0.25, -0.2) is 4.79 Å². The molecule has 0 unspecified atom stereocenters. The summed E-state index contributed by atoms with van der Waals surface area (Å²) in [6.07, 6.45) is 2.84. The van der Waals surface area contributed by atoms with Crippen LogP contribution < -0.4 is 0 Å². The third kappa shape index (κ3) is 1.84. The number of carboxylic acid groups (broad SMARTS) is 1. The normalized spacial score (nSPS) is 14.7. The molecule has 0 saturated carbocycles. The van der Waals surface area contributed by atoms with Gasteiger partial charge < -0.3 is 5.11 Å². The SMILES string of the molecule is CCc1c(C)sc2c1CSC(C(=O)O)=C2. The van der Waals surface area contributed by atoms with Crippen molar-refractivity contribution in [3.8, 4) is 0 Å². The highest BCUT2D eigenvalue weighted by molar-refractivity contribution is 8.03. The number of carboxylic acids is 1. The second-order valence-electron chi connectivity index (χ2n) is 3.44. The standard InChI is InChI=1S/C11H12O2S2/c1-3-7-6(2)15-9-4-10(11(12)13)14-5-8(7)9/h4H,3,5H2,1-2H3,(H,12,13). The molecule has 1 aromatic heterocycles. The third-order valence-electron chi connectivity index (χ3n) is 2.55. The summed E-state index contributed by atoms with van der Waals surface area (Å²) >= 11 is 3.13. The molecule has 0 fully saturated rings. The number of thioether (sulfide) groups is 1. The van der Waals surface area contributed by atoms with Gasteiger partial charge in [-0.2, -0.15) is 0 Å². The van der Waals surface area contributed by atoms with Crippen LogP contribution in [0.15, 0.2) is 4.91 Å². The molecule has 1 aliphatic heterocycles. The number of carbonyl (C=O) groups is 1. The molecule has 2 heterocycles. The predicted octanol–water partition coefficient (Wildman–Crippen LogP) is 3.29. The summed E-state index contributed by atoms with van der Waals surface area (Å²) in [5.74, 6) is -0.00389. The predicted molar refractivity (Wildman–Crippen MR) is 65.3 cm³/mol. The summed E-state index contributed by atoms with van der Waals surface area (Å²) in [4.78, 5) is 13.8. The molecule has 1 aromatic rings. The zero-order chi connectivity index (χ0) is 11.0. The minimum atomic E-state index is -0.810. The van der Waals surface area contributed by atoms with Crippen LogP contribution in [0.1, 0.15) is 27.8 Å². The number of aliphatic carboxylic acids is 1. The highest BCUT2D eigenvalue weighted by atomic mass is 32.2. The van der Waals surface area contributed by atoms with Gasteiger partial charge in [0.25, 0.3) is 0 Å². The molecule has 0 bridgehead atoms. The molecule has 1 N–H and O–H groups in total. The molecule has 0 aliphatic carbocycles. The lowest BCUT2D eigenvalue weighted by Crippen LogP contribution is -2.02. The molecule has 80 valence electrons. The first-order valence-corrected chi connectivity index (χ1v) is 6.62. The number of thiophene rings is 1. The van der Waals surface area contributed by atoms with Gasteiger partial charge in [0.05, 0.1) is 4.91 Å². The highest BCUT2D eigenvalue weighted by Crippen LogP contribution is 2.39. The minimum absolute atomic E-state index is 0.464. The van der Waals surface area contributed by atoms with Crippen molar-refractivity contribution in [2.24, 2.45) is 0 Å². The Labute approximate surface area is 97.0 Å². The minimum Gasteiger partial charge on any atom is -0.477 e. The van der Waals surface area contributed by atoms with Gasteiger partial charge in [0, 0.05) is 15.5 Å². The van der Waals surface area contributed by atoms with Gasteiger partial charge in [0.15, 0.2) is 0 Å². The van der Waals surface area contributed by atoms with Crippen molar-refractivity contribution < 1.29 is 9.90 Å². The molecule has 4 heteroatoms. The molecule has 15 heavy (non-hydrogen) atoms. The summed E-state index contributed by atoms with van der Waals surface area (Å²) in [5.41, 5.74) is 2.75. The average molecular weight is 240 g/mol. The molecule has 0 aromatic carbocycles. The number of hydrogen-bond donors (Lipinski definition) is 1. The molecule has 1 aliphatic rings. The smallest absolute Gasteiger partial charge is 0.342 e. The van der Waals surface area contributed by atoms with Crippen molar-refractivity contribution in [1.82, 2.24) is 0 Å². The largest absolute Gasteiger partial charge is 0.477 e. The Morgan fingerprint density at radius 3 is 2.93 bits per heavy atom. The Morgan fingerprint density at radius 1 is 1.60 bits per heavy atom. The lowest BCUT2D eigenvalue weighted by Gasteiger charge is -2.10. The number of fused-ring (bicyclic) bond motifs is 1. The first-order chi connectivity index (χ1) is 7.13. The molecular formula is C11H12O2S2. The fourth-order valence-corrected chi connectivity index (χ4v) is 4.16. The van der Waals surface area contributed by atoms with Crippen molar-refractivity contribution in [3.05, 3.63) is 25.8 Å². The number of aryl methyl sites for hydroxylation is 1. The number of hydrogen-bond acceptors (Lipinski definition) is 3. The van der Waals surface area contributed by atoms with E-state index in [2.05, 4.69) is 13.8 Å². The maximum Gasteiger partial charge on any atom is 0.342 e. The van der Waals surface area contributed by atoms with Crippen LogP contribution >= 0.6 is 23.1 Å². The van der Waals surface area contributed by atoms with E-state index in [1.54, 1.807) is 11.3 Å². The van der Waals surface area contributed by atoms with Crippen LogP contribution in [0.5, 0.6) is 0 Å². The van der Waals surface area contributed by atoms with Gasteiger partial charge in [-0.3, -0.25) is 0 Å². The van der Waals surface area contributed by atoms with Crippen LogP contribution in [-0.2, 0) is 17.0 Å². The Morgan fingerprint density at radius 2 is 2.33 bits per heavy atom. The zero-order valence-electron chi connectivity index (χ0n) is 8.66. The Balaban J connectivity index is 2.48. The molecule has 0 radical (unpaired) electrons. The quantitative estimate of drug-likeness (QED) is 0.862. The highest BCUT2D eigenvalue weighted by Gasteiger charge is 2.21. The van der Waals surface area contributed by atoms with Crippen LogP contribution in [0, 0.1) is 6.92 Å². The summed E-state index contributed by atoms with van der Waals surface area (Å²) in [5, 5.41) is 8.91. The fraction of sp³-hybridized carbons (Fsp3) is 0.364. The monoisotopic (exact) mass is 240 g/mol. The second kappa shape index (κ2) is 4.02. The van der Waals surface area contributed by atoms with E-state index in [4.69, 9.17) is 5.11 Å². The lowest BCUT2D eigenvalue weighted by molar-refractivity contribution is -0.131. The van der Waals surface area contributed by atoms with Gasteiger partial charge in [0.1, 0.15) is 0 Å². The zero-order valence-corrected chi connectivity index (χ0v) is 10.3. The van der Waals surface area contributed by atoms with E-state index in [1.165, 1.54) is 27.8 Å². The van der Waals surface area contributed by atoms with Crippen LogP contribution in [0.25, 0.3) is 6.08 Å². The molecular weight excluding hydrogens is 228 g/mol. The number of rotatable bonds is 2. The molecule has 2 nitrogen and oxygen atoms in total. The van der Waals surface area contributed by atoms with Crippen molar-refractivity contribution in [1.29, 1.82) is 0 Å². The van der Waals surface area contributed by atoms with Crippen molar-refractivity contribution in [2.45, 2.75) is 26.0 Å². The molecule has 0 spiro atoms. The Hall–Kier alpha value is -0.740. The van der Waals surface area contributed by atoms with Crippen molar-refractivity contribution in [2.75, 3.05) is 0 Å². The van der Waals surface area contributed by atoms with E-state index in [1.807, 2.05) is 6.08 Å². The van der Waals surface area contributed by atoms with E-state index >= 15 is 0 Å². The first-order valence-electron chi connectivity index (χ1n) is 4.82. The van der Waals surface area contributed by atoms with E-state index in [0.717, 1.165) is 17.1 Å². The van der Waals surface area contributed by atoms with Crippen LogP contribution in [0.4, 0.5) is 0 Å². The van der Waals surface area contributed by atoms with Gasteiger partial charge in [-0.1, -0.05) is 6.92 Å². The summed E-state index contributed by atoms with van der Waals surface area (Å²) < 4.78 is 0. The summed E-state index contributed by atoms with van der Waals surface area (Å²) in [7, 11) is 0. The van der Waals surface area contributed by atoms with E-state index in [-0.39, 0.29) is 0 Å². The fourth-order valence-electron chi connectivity index (χ4n) is 1.82. The van der Waals surface area contributed by atoms with Gasteiger partial charge in [-0.15, -0.1) is 23.1 Å². The van der Waals surface area contributed by atoms with Crippen molar-refractivity contribution in [3.63, 3.8) is 0 Å². The molecule has 0 atom stereocenters. The van der Waals surface area contributed by atoms with Crippen LogP contribution in [0.3, 0.4) is 0 Å². The second-order valence-corrected chi connectivity index (χ2v) is 5.71. The Bertz CT molecular complexity index is 444. The maximum absolute atomic E-state index is 10.8. The average Bonchev–Trinajstić information content (AvgIpc) is 2.51.